The van der Waals surface area contributed by atoms with Crippen molar-refractivity contribution in [2.45, 2.75) is 31.8 Å². The van der Waals surface area contributed by atoms with Crippen LogP contribution in [-0.4, -0.2) is 48.8 Å². The molecule has 0 aliphatic carbocycles. The molecule has 0 spiro atoms. The van der Waals surface area contributed by atoms with Crippen molar-refractivity contribution in [3.05, 3.63) is 0 Å². The summed E-state index contributed by atoms with van der Waals surface area (Å²) in [7, 11) is 1.71. The molecule has 0 aromatic carbocycles. The van der Waals surface area contributed by atoms with Crippen molar-refractivity contribution in [1.82, 2.24) is 4.90 Å². The third-order valence-electron chi connectivity index (χ3n) is 2.54. The Kier molecular flexibility index (Phi) is 4.90. The Balaban J connectivity index is 2.24. The molecule has 0 saturated carbocycles. The molecule has 1 atom stereocenters. The van der Waals surface area contributed by atoms with Gasteiger partial charge in [-0.3, -0.25) is 4.79 Å². The molecular weight excluding hydrogens is 182 g/mol. The second-order valence-corrected chi connectivity index (χ2v) is 3.73. The molecule has 1 N–H and O–H groups in total. The molecule has 0 radical (unpaired) electrons. The van der Waals surface area contributed by atoms with Crippen LogP contribution in [0.2, 0.25) is 0 Å². The predicted octanol–water partition coefficient (Wildman–Crippen LogP) is 0.396. The fraction of sp³-hybridized carbons (Fsp3) is 0.900. The molecule has 1 heterocycles. The van der Waals surface area contributed by atoms with Gasteiger partial charge in [0.1, 0.15) is 0 Å². The van der Waals surface area contributed by atoms with Gasteiger partial charge in [0, 0.05) is 20.2 Å². The minimum absolute atomic E-state index is 0.0216. The molecule has 1 rings (SSSR count). The Morgan fingerprint density at radius 3 is 2.93 bits per heavy atom. The lowest BCUT2D eigenvalue weighted by Crippen LogP contribution is -2.33. The zero-order valence-electron chi connectivity index (χ0n) is 8.74. The molecule has 0 aromatic rings. The van der Waals surface area contributed by atoms with Gasteiger partial charge in [0.05, 0.1) is 19.1 Å². The van der Waals surface area contributed by atoms with Crippen LogP contribution in [0.3, 0.4) is 0 Å². The highest BCUT2D eigenvalue weighted by atomic mass is 16.5. The van der Waals surface area contributed by atoms with Gasteiger partial charge in [0.2, 0.25) is 5.91 Å². The summed E-state index contributed by atoms with van der Waals surface area (Å²) in [6, 6.07) is 0. The summed E-state index contributed by atoms with van der Waals surface area (Å²) in [4.78, 5) is 13.1. The van der Waals surface area contributed by atoms with E-state index in [0.717, 1.165) is 25.9 Å². The zero-order chi connectivity index (χ0) is 10.4. The summed E-state index contributed by atoms with van der Waals surface area (Å²) >= 11 is 0. The molecule has 1 fully saturated rings. The normalized spacial score (nSPS) is 22.0. The van der Waals surface area contributed by atoms with E-state index < -0.39 is 0 Å². The predicted molar refractivity (Wildman–Crippen MR) is 52.9 cm³/mol. The third-order valence-corrected chi connectivity index (χ3v) is 2.54. The van der Waals surface area contributed by atoms with E-state index in [0.29, 0.717) is 13.0 Å². The number of ether oxygens (including phenoxy) is 1. The summed E-state index contributed by atoms with van der Waals surface area (Å²) in [6.45, 7) is 1.21. The van der Waals surface area contributed by atoms with Gasteiger partial charge in [-0.1, -0.05) is 0 Å². The van der Waals surface area contributed by atoms with Crippen molar-refractivity contribution in [3.63, 3.8) is 0 Å². The van der Waals surface area contributed by atoms with Gasteiger partial charge in [-0.25, -0.2) is 0 Å². The number of carbonyl (C=O) groups excluding carboxylic acids is 1. The Hall–Kier alpha value is -0.610. The lowest BCUT2D eigenvalue weighted by atomic mass is 10.1. The molecule has 1 aliphatic rings. The molecule has 82 valence electrons. The summed E-state index contributed by atoms with van der Waals surface area (Å²) < 4.78 is 5.47. The molecule has 4 nitrogen and oxygen atoms in total. The second kappa shape index (κ2) is 5.98. The molecule has 0 aromatic heterocycles. The van der Waals surface area contributed by atoms with Crippen molar-refractivity contribution in [2.24, 2.45) is 0 Å². The van der Waals surface area contributed by atoms with Gasteiger partial charge in [0.15, 0.2) is 0 Å². The van der Waals surface area contributed by atoms with Crippen molar-refractivity contribution < 1.29 is 14.6 Å². The molecule has 0 bridgehead atoms. The van der Waals surface area contributed by atoms with Crippen molar-refractivity contribution in [1.29, 1.82) is 0 Å². The maximum absolute atomic E-state index is 11.5. The van der Waals surface area contributed by atoms with E-state index in [4.69, 9.17) is 9.84 Å². The Labute approximate surface area is 84.8 Å². The van der Waals surface area contributed by atoms with E-state index in [1.165, 1.54) is 0 Å². The zero-order valence-corrected chi connectivity index (χ0v) is 8.74. The molecule has 1 amide bonds. The van der Waals surface area contributed by atoms with Crippen molar-refractivity contribution in [3.8, 4) is 0 Å². The van der Waals surface area contributed by atoms with Gasteiger partial charge in [-0.15, -0.1) is 0 Å². The van der Waals surface area contributed by atoms with E-state index in [-0.39, 0.29) is 18.6 Å². The van der Waals surface area contributed by atoms with E-state index in [1.54, 1.807) is 11.9 Å². The summed E-state index contributed by atoms with van der Waals surface area (Å²) in [5.74, 6) is 0.0611. The van der Waals surface area contributed by atoms with Crippen molar-refractivity contribution in [2.75, 3.05) is 26.8 Å². The molecule has 4 heteroatoms. The molecule has 14 heavy (non-hydrogen) atoms. The summed E-state index contributed by atoms with van der Waals surface area (Å²) in [5, 5.41) is 8.67. The van der Waals surface area contributed by atoms with Crippen LogP contribution in [0.5, 0.6) is 0 Å². The van der Waals surface area contributed by atoms with Crippen LogP contribution in [0, 0.1) is 0 Å². The number of carbonyl (C=O) groups is 1. The van der Waals surface area contributed by atoms with Gasteiger partial charge < -0.3 is 14.7 Å². The molecular formula is C10H19NO3. The fourth-order valence-electron chi connectivity index (χ4n) is 1.59. The van der Waals surface area contributed by atoms with Gasteiger partial charge in [0.25, 0.3) is 0 Å². The van der Waals surface area contributed by atoms with Crippen LogP contribution < -0.4 is 0 Å². The number of amides is 1. The van der Waals surface area contributed by atoms with Gasteiger partial charge >= 0.3 is 0 Å². The smallest absolute Gasteiger partial charge is 0.225 e. The van der Waals surface area contributed by atoms with E-state index >= 15 is 0 Å². The third kappa shape index (κ3) is 3.64. The van der Waals surface area contributed by atoms with Gasteiger partial charge in [-0.2, -0.15) is 0 Å². The summed E-state index contributed by atoms with van der Waals surface area (Å²) in [6.07, 6.45) is 3.80. The minimum atomic E-state index is 0.0216. The highest BCUT2D eigenvalue weighted by Crippen LogP contribution is 2.16. The highest BCUT2D eigenvalue weighted by Gasteiger charge is 2.19. The van der Waals surface area contributed by atoms with Crippen LogP contribution in [0.4, 0.5) is 0 Å². The first-order valence-corrected chi connectivity index (χ1v) is 5.20. The highest BCUT2D eigenvalue weighted by molar-refractivity contribution is 5.76. The quantitative estimate of drug-likeness (QED) is 0.716. The number of rotatable bonds is 4. The standard InChI is InChI=1S/C10H19NO3/c1-11(5-6-12)10(13)8-9-4-2-3-7-14-9/h9,12H,2-8H2,1H3. The largest absolute Gasteiger partial charge is 0.395 e. The Bertz CT molecular complexity index is 178. The van der Waals surface area contributed by atoms with Crippen LogP contribution in [0.1, 0.15) is 25.7 Å². The van der Waals surface area contributed by atoms with Crippen LogP contribution in [0.25, 0.3) is 0 Å². The first-order valence-electron chi connectivity index (χ1n) is 5.20. The van der Waals surface area contributed by atoms with Gasteiger partial charge in [-0.05, 0) is 19.3 Å². The SMILES string of the molecule is CN(CCO)C(=O)CC1CCCCO1. The number of hydrogen-bond donors (Lipinski definition) is 1. The average Bonchev–Trinajstić information content (AvgIpc) is 2.19. The lowest BCUT2D eigenvalue weighted by molar-refractivity contribution is -0.134. The number of aliphatic hydroxyl groups is 1. The monoisotopic (exact) mass is 201 g/mol. The van der Waals surface area contributed by atoms with E-state index in [2.05, 4.69) is 0 Å². The number of aliphatic hydroxyl groups excluding tert-OH is 1. The van der Waals surface area contributed by atoms with E-state index in [9.17, 15) is 4.79 Å². The Morgan fingerprint density at radius 2 is 2.36 bits per heavy atom. The van der Waals surface area contributed by atoms with Crippen LogP contribution in [0.15, 0.2) is 0 Å². The maximum Gasteiger partial charge on any atom is 0.225 e. The summed E-state index contributed by atoms with van der Waals surface area (Å²) in [5.41, 5.74) is 0. The minimum Gasteiger partial charge on any atom is -0.395 e. The second-order valence-electron chi connectivity index (χ2n) is 3.73. The van der Waals surface area contributed by atoms with E-state index in [1.807, 2.05) is 0 Å². The number of hydrogen-bond acceptors (Lipinski definition) is 3. The first kappa shape index (κ1) is 11.5. The van der Waals surface area contributed by atoms with Crippen LogP contribution >= 0.6 is 0 Å². The van der Waals surface area contributed by atoms with Crippen molar-refractivity contribution >= 4 is 5.91 Å². The lowest BCUT2D eigenvalue weighted by Gasteiger charge is -2.24. The Morgan fingerprint density at radius 1 is 1.57 bits per heavy atom. The maximum atomic E-state index is 11.5. The van der Waals surface area contributed by atoms with Crippen LogP contribution in [-0.2, 0) is 9.53 Å². The first-order chi connectivity index (χ1) is 6.74. The molecule has 1 unspecified atom stereocenters. The fourth-order valence-corrected chi connectivity index (χ4v) is 1.59. The average molecular weight is 201 g/mol. The topological polar surface area (TPSA) is 49.8 Å². The molecule has 1 aliphatic heterocycles. The number of likely N-dealkylation sites (N-methyl/N-ethyl adjacent to an activating group) is 1. The number of nitrogens with zero attached hydrogens (tertiary/aromatic N) is 1. The molecule has 1 saturated heterocycles.